The highest BCUT2D eigenvalue weighted by atomic mass is 32.1. The molecule has 0 aliphatic rings. The molecule has 0 bridgehead atoms. The van der Waals surface area contributed by atoms with Crippen LogP contribution in [0.1, 0.15) is 37.5 Å². The molecule has 0 radical (unpaired) electrons. The van der Waals surface area contributed by atoms with Crippen LogP contribution >= 0.6 is 11.5 Å². The Bertz CT molecular complexity index is 1070. The van der Waals surface area contributed by atoms with E-state index in [-0.39, 0.29) is 0 Å². The van der Waals surface area contributed by atoms with Crippen molar-refractivity contribution in [3.63, 3.8) is 0 Å². The second-order valence-corrected chi connectivity index (χ2v) is 8.03. The lowest BCUT2D eigenvalue weighted by atomic mass is 9.92. The lowest BCUT2D eigenvalue weighted by molar-refractivity contribution is 0.982. The molecule has 0 atom stereocenters. The van der Waals surface area contributed by atoms with Gasteiger partial charge in [0.1, 0.15) is 0 Å². The zero-order valence-electron chi connectivity index (χ0n) is 17.3. The average molecular weight is 399 g/mol. The van der Waals surface area contributed by atoms with E-state index in [4.69, 9.17) is 4.37 Å². The largest absolute Gasteiger partial charge is 0.264 e. The van der Waals surface area contributed by atoms with E-state index < -0.39 is 0 Å². The summed E-state index contributed by atoms with van der Waals surface area (Å²) in [6, 6.07) is 19.6. The number of nitrogens with zero attached hydrogens (tertiary/aromatic N) is 2. The average Bonchev–Trinajstić information content (AvgIpc) is 3.29. The van der Waals surface area contributed by atoms with Crippen LogP contribution in [0.3, 0.4) is 0 Å². The van der Waals surface area contributed by atoms with Crippen LogP contribution in [0.25, 0.3) is 32.8 Å². The molecule has 0 N–H and O–H groups in total. The molecule has 0 fully saturated rings. The van der Waals surface area contributed by atoms with Crippen LogP contribution in [-0.4, -0.2) is 9.36 Å². The SMILES string of the molecule is CCc1cc(-c2cc(-c3ccc(-c4cccnc4)cc3)ns2)cc(CC)c1CC. The van der Waals surface area contributed by atoms with Gasteiger partial charge in [0.25, 0.3) is 0 Å². The van der Waals surface area contributed by atoms with E-state index in [1.54, 1.807) is 17.7 Å². The van der Waals surface area contributed by atoms with Crippen LogP contribution in [0.15, 0.2) is 67.0 Å². The molecule has 2 aromatic heterocycles. The number of pyridine rings is 1. The highest BCUT2D eigenvalue weighted by Crippen LogP contribution is 2.33. The van der Waals surface area contributed by atoms with E-state index in [1.807, 2.05) is 12.3 Å². The fourth-order valence-corrected chi connectivity index (χ4v) is 4.68. The van der Waals surface area contributed by atoms with E-state index in [0.29, 0.717) is 0 Å². The van der Waals surface area contributed by atoms with E-state index in [1.165, 1.54) is 32.7 Å². The van der Waals surface area contributed by atoms with Gasteiger partial charge in [0, 0.05) is 18.0 Å². The van der Waals surface area contributed by atoms with Crippen molar-refractivity contribution in [2.75, 3.05) is 0 Å². The monoisotopic (exact) mass is 398 g/mol. The number of hydrogen-bond donors (Lipinski definition) is 0. The molecule has 2 heterocycles. The van der Waals surface area contributed by atoms with Crippen LogP contribution in [0.5, 0.6) is 0 Å². The van der Waals surface area contributed by atoms with Crippen molar-refractivity contribution in [3.05, 3.63) is 83.7 Å². The highest BCUT2D eigenvalue weighted by molar-refractivity contribution is 7.09. The molecule has 0 spiro atoms. The third-order valence-corrected chi connectivity index (χ3v) is 6.36. The molecular formula is C26H26N2S. The van der Waals surface area contributed by atoms with Crippen LogP contribution in [-0.2, 0) is 19.3 Å². The van der Waals surface area contributed by atoms with Crippen molar-refractivity contribution in [1.29, 1.82) is 0 Å². The van der Waals surface area contributed by atoms with Crippen LogP contribution in [0, 0.1) is 0 Å². The topological polar surface area (TPSA) is 25.8 Å². The minimum Gasteiger partial charge on any atom is -0.264 e. The highest BCUT2D eigenvalue weighted by Gasteiger charge is 2.12. The van der Waals surface area contributed by atoms with E-state index in [2.05, 4.69) is 74.3 Å². The number of aromatic nitrogens is 2. The molecule has 0 saturated carbocycles. The first-order valence-electron chi connectivity index (χ1n) is 10.4. The molecule has 0 saturated heterocycles. The summed E-state index contributed by atoms with van der Waals surface area (Å²) in [5, 5.41) is 0. The van der Waals surface area contributed by atoms with E-state index in [0.717, 1.165) is 36.1 Å². The quantitative estimate of drug-likeness (QED) is 0.342. The number of benzene rings is 2. The maximum Gasteiger partial charge on any atom is 0.0847 e. The molecule has 0 unspecified atom stereocenters. The molecule has 4 rings (SSSR count). The van der Waals surface area contributed by atoms with Gasteiger partial charge < -0.3 is 0 Å². The number of aryl methyl sites for hydroxylation is 2. The van der Waals surface area contributed by atoms with Crippen molar-refractivity contribution in [1.82, 2.24) is 9.36 Å². The molecule has 2 aromatic carbocycles. The number of rotatable bonds is 6. The van der Waals surface area contributed by atoms with Gasteiger partial charge in [-0.25, -0.2) is 0 Å². The summed E-state index contributed by atoms with van der Waals surface area (Å²) in [5.74, 6) is 0. The lowest BCUT2D eigenvalue weighted by Crippen LogP contribution is -1.98. The Balaban J connectivity index is 1.65. The van der Waals surface area contributed by atoms with Gasteiger partial charge in [-0.15, -0.1) is 0 Å². The summed E-state index contributed by atoms with van der Waals surface area (Å²) in [5.41, 5.74) is 10.3. The molecule has 4 aromatic rings. The van der Waals surface area contributed by atoms with Gasteiger partial charge in [0.2, 0.25) is 0 Å². The molecular weight excluding hydrogens is 372 g/mol. The van der Waals surface area contributed by atoms with Gasteiger partial charge in [-0.05, 0) is 76.3 Å². The van der Waals surface area contributed by atoms with Gasteiger partial charge in [-0.2, -0.15) is 4.37 Å². The maximum absolute atomic E-state index is 4.75. The minimum atomic E-state index is 1.04. The predicted octanol–water partition coefficient (Wildman–Crippen LogP) is 7.23. The van der Waals surface area contributed by atoms with Crippen LogP contribution in [0.4, 0.5) is 0 Å². The Morgan fingerprint density at radius 3 is 2.00 bits per heavy atom. The smallest absolute Gasteiger partial charge is 0.0847 e. The molecule has 0 aliphatic carbocycles. The summed E-state index contributed by atoms with van der Waals surface area (Å²) in [4.78, 5) is 5.45. The molecule has 146 valence electrons. The third kappa shape index (κ3) is 4.01. The summed E-state index contributed by atoms with van der Waals surface area (Å²) in [6.45, 7) is 6.76. The Labute approximate surface area is 177 Å². The van der Waals surface area contributed by atoms with Crippen molar-refractivity contribution in [2.24, 2.45) is 0 Å². The van der Waals surface area contributed by atoms with E-state index in [9.17, 15) is 0 Å². The normalized spacial score (nSPS) is 11.0. The van der Waals surface area contributed by atoms with Crippen molar-refractivity contribution < 1.29 is 0 Å². The van der Waals surface area contributed by atoms with Gasteiger partial charge in [0.15, 0.2) is 0 Å². The molecule has 0 aliphatic heterocycles. The lowest BCUT2D eigenvalue weighted by Gasteiger charge is -2.13. The standard InChI is InChI=1S/C26H26N2S/c1-4-18-14-23(15-19(5-2)24(18)6-3)26-16-25(28-29-26)21-11-9-20(10-12-21)22-8-7-13-27-17-22/h7-17H,4-6H2,1-3H3. The van der Waals surface area contributed by atoms with Gasteiger partial charge in [0.05, 0.1) is 10.6 Å². The van der Waals surface area contributed by atoms with Crippen LogP contribution in [0.2, 0.25) is 0 Å². The van der Waals surface area contributed by atoms with Crippen LogP contribution < -0.4 is 0 Å². The third-order valence-electron chi connectivity index (χ3n) is 5.52. The zero-order chi connectivity index (χ0) is 20.2. The van der Waals surface area contributed by atoms with Crippen molar-refractivity contribution >= 4 is 11.5 Å². The fourth-order valence-electron chi connectivity index (χ4n) is 3.94. The first kappa shape index (κ1) is 19.5. The van der Waals surface area contributed by atoms with E-state index >= 15 is 0 Å². The molecule has 3 heteroatoms. The van der Waals surface area contributed by atoms with Gasteiger partial charge in [-0.1, -0.05) is 63.2 Å². The number of hydrogen-bond acceptors (Lipinski definition) is 3. The summed E-state index contributed by atoms with van der Waals surface area (Å²) < 4.78 is 4.75. The first-order chi connectivity index (χ1) is 14.2. The Kier molecular flexibility index (Phi) is 5.86. The predicted molar refractivity (Wildman–Crippen MR) is 124 cm³/mol. The van der Waals surface area contributed by atoms with Gasteiger partial charge >= 0.3 is 0 Å². The zero-order valence-corrected chi connectivity index (χ0v) is 18.1. The Morgan fingerprint density at radius 1 is 0.724 bits per heavy atom. The summed E-state index contributed by atoms with van der Waals surface area (Å²) in [6.07, 6.45) is 6.95. The second-order valence-electron chi connectivity index (χ2n) is 7.23. The first-order valence-corrected chi connectivity index (χ1v) is 11.1. The molecule has 0 amide bonds. The summed E-state index contributed by atoms with van der Waals surface area (Å²) in [7, 11) is 0. The second kappa shape index (κ2) is 8.71. The Hall–Kier alpha value is -2.78. The maximum atomic E-state index is 4.75. The molecule has 29 heavy (non-hydrogen) atoms. The summed E-state index contributed by atoms with van der Waals surface area (Å²) >= 11 is 1.59. The van der Waals surface area contributed by atoms with Gasteiger partial charge in [-0.3, -0.25) is 4.98 Å². The minimum absolute atomic E-state index is 1.04. The molecule has 2 nitrogen and oxygen atoms in total. The fraction of sp³-hybridized carbons (Fsp3) is 0.231. The van der Waals surface area contributed by atoms with Crippen molar-refractivity contribution in [2.45, 2.75) is 40.0 Å². The Morgan fingerprint density at radius 2 is 1.41 bits per heavy atom. The van der Waals surface area contributed by atoms with Crippen molar-refractivity contribution in [3.8, 4) is 32.8 Å².